The monoisotopic (exact) mass is 195 g/mol. The maximum absolute atomic E-state index is 6.03. The summed E-state index contributed by atoms with van der Waals surface area (Å²) in [5, 5.41) is 4.29. The van der Waals surface area contributed by atoms with Gasteiger partial charge in [0.05, 0.1) is 17.8 Å². The summed E-state index contributed by atoms with van der Waals surface area (Å²) in [5.74, 6) is 0. The van der Waals surface area contributed by atoms with E-state index in [2.05, 4.69) is 5.10 Å². The van der Waals surface area contributed by atoms with Crippen molar-refractivity contribution in [1.29, 1.82) is 0 Å². The number of aromatic nitrogens is 2. The topological polar surface area (TPSA) is 53.1 Å². The van der Waals surface area contributed by atoms with Gasteiger partial charge in [-0.3, -0.25) is 4.68 Å². The van der Waals surface area contributed by atoms with Crippen LogP contribution in [0.15, 0.2) is 12.3 Å². The van der Waals surface area contributed by atoms with Gasteiger partial charge in [-0.05, 0) is 25.3 Å². The number of aryl methyl sites for hydroxylation is 1. The molecule has 2 unspecified atom stereocenters. The minimum absolute atomic E-state index is 0.0132. The van der Waals surface area contributed by atoms with Crippen molar-refractivity contribution in [3.63, 3.8) is 0 Å². The largest absolute Gasteiger partial charge is 0.378 e. The number of nitrogens with zero attached hydrogens (tertiary/aromatic N) is 2. The molecule has 0 aliphatic carbocycles. The number of hydrogen-bond donors (Lipinski definition) is 1. The molecule has 1 saturated heterocycles. The average molecular weight is 195 g/mol. The van der Waals surface area contributed by atoms with Crippen LogP contribution in [-0.2, 0) is 11.8 Å². The molecule has 2 rings (SSSR count). The molecule has 1 fully saturated rings. The highest BCUT2D eigenvalue weighted by molar-refractivity contribution is 5.04. The van der Waals surface area contributed by atoms with Gasteiger partial charge in [0.2, 0.25) is 0 Å². The van der Waals surface area contributed by atoms with Crippen LogP contribution in [0.4, 0.5) is 0 Å². The van der Waals surface area contributed by atoms with Crippen molar-refractivity contribution in [1.82, 2.24) is 9.78 Å². The van der Waals surface area contributed by atoms with Crippen LogP contribution in [-0.4, -0.2) is 22.5 Å². The van der Waals surface area contributed by atoms with Crippen molar-refractivity contribution < 1.29 is 4.74 Å². The lowest BCUT2D eigenvalue weighted by atomic mass is 10.1. The van der Waals surface area contributed by atoms with Gasteiger partial charge < -0.3 is 10.5 Å². The van der Waals surface area contributed by atoms with Crippen LogP contribution in [0.5, 0.6) is 0 Å². The maximum Gasteiger partial charge on any atom is 0.0792 e. The fourth-order valence-electron chi connectivity index (χ4n) is 1.86. The van der Waals surface area contributed by atoms with Crippen molar-refractivity contribution in [2.45, 2.75) is 31.4 Å². The van der Waals surface area contributed by atoms with Crippen LogP contribution in [0, 0.1) is 0 Å². The van der Waals surface area contributed by atoms with Gasteiger partial charge in [-0.15, -0.1) is 0 Å². The second kappa shape index (κ2) is 4.11. The molecule has 0 saturated carbocycles. The second-order valence-electron chi connectivity index (χ2n) is 3.89. The lowest BCUT2D eigenvalue weighted by Gasteiger charge is -2.13. The number of nitrogens with two attached hydrogens (primary N) is 1. The molecule has 0 aromatic carbocycles. The maximum atomic E-state index is 6.03. The van der Waals surface area contributed by atoms with Gasteiger partial charge in [0.1, 0.15) is 0 Å². The standard InChI is InChI=1S/C10H17N3O/c1-13-5-4-10(12-13)9(11)7-8-3-2-6-14-8/h4-5,8-9H,2-3,6-7,11H2,1H3. The Labute approximate surface area is 84.0 Å². The van der Waals surface area contributed by atoms with E-state index in [0.717, 1.165) is 25.1 Å². The minimum atomic E-state index is 0.0132. The molecule has 78 valence electrons. The summed E-state index contributed by atoms with van der Waals surface area (Å²) in [6, 6.07) is 1.99. The predicted molar refractivity (Wildman–Crippen MR) is 53.7 cm³/mol. The molecule has 0 bridgehead atoms. The molecule has 2 heterocycles. The summed E-state index contributed by atoms with van der Waals surface area (Å²) in [6.45, 7) is 0.888. The first kappa shape index (κ1) is 9.68. The Balaban J connectivity index is 1.91. The molecule has 1 aromatic heterocycles. The van der Waals surface area contributed by atoms with Crippen LogP contribution in [0.3, 0.4) is 0 Å². The molecule has 2 atom stereocenters. The summed E-state index contributed by atoms with van der Waals surface area (Å²) in [4.78, 5) is 0. The van der Waals surface area contributed by atoms with E-state index in [1.165, 1.54) is 6.42 Å². The third kappa shape index (κ3) is 2.13. The summed E-state index contributed by atoms with van der Waals surface area (Å²) in [5.41, 5.74) is 6.99. The van der Waals surface area contributed by atoms with E-state index in [4.69, 9.17) is 10.5 Å². The zero-order chi connectivity index (χ0) is 9.97. The summed E-state index contributed by atoms with van der Waals surface area (Å²) >= 11 is 0. The number of rotatable bonds is 3. The molecule has 1 aliphatic rings. The molecular formula is C10H17N3O. The Morgan fingerprint density at radius 3 is 3.21 bits per heavy atom. The van der Waals surface area contributed by atoms with Gasteiger partial charge in [0.15, 0.2) is 0 Å². The molecule has 1 aliphatic heterocycles. The zero-order valence-electron chi connectivity index (χ0n) is 8.52. The molecule has 14 heavy (non-hydrogen) atoms. The Kier molecular flexibility index (Phi) is 2.84. The molecule has 4 nitrogen and oxygen atoms in total. The molecule has 1 aromatic rings. The molecule has 0 radical (unpaired) electrons. The van der Waals surface area contributed by atoms with Gasteiger partial charge in [-0.1, -0.05) is 0 Å². The van der Waals surface area contributed by atoms with Crippen molar-refractivity contribution in [2.75, 3.05) is 6.61 Å². The second-order valence-corrected chi connectivity index (χ2v) is 3.89. The van der Waals surface area contributed by atoms with Gasteiger partial charge in [0.25, 0.3) is 0 Å². The highest BCUT2D eigenvalue weighted by Gasteiger charge is 2.20. The predicted octanol–water partition coefficient (Wildman–Crippen LogP) is 0.989. The zero-order valence-corrected chi connectivity index (χ0v) is 8.52. The quantitative estimate of drug-likeness (QED) is 0.782. The van der Waals surface area contributed by atoms with Gasteiger partial charge in [0, 0.05) is 19.9 Å². The van der Waals surface area contributed by atoms with E-state index >= 15 is 0 Å². The summed E-state index contributed by atoms with van der Waals surface area (Å²) in [6.07, 6.45) is 5.45. The number of hydrogen-bond acceptors (Lipinski definition) is 3. The first-order chi connectivity index (χ1) is 6.75. The lowest BCUT2D eigenvalue weighted by Crippen LogP contribution is -2.18. The average Bonchev–Trinajstić information content (AvgIpc) is 2.75. The summed E-state index contributed by atoms with van der Waals surface area (Å²) < 4.78 is 7.32. The fraction of sp³-hybridized carbons (Fsp3) is 0.700. The van der Waals surface area contributed by atoms with Gasteiger partial charge >= 0.3 is 0 Å². The highest BCUT2D eigenvalue weighted by Crippen LogP contribution is 2.22. The fourth-order valence-corrected chi connectivity index (χ4v) is 1.86. The molecular weight excluding hydrogens is 178 g/mol. The van der Waals surface area contributed by atoms with Crippen LogP contribution < -0.4 is 5.73 Å². The normalized spacial score (nSPS) is 24.0. The molecule has 2 N–H and O–H groups in total. The summed E-state index contributed by atoms with van der Waals surface area (Å²) in [7, 11) is 1.91. The third-order valence-electron chi connectivity index (χ3n) is 2.65. The van der Waals surface area contributed by atoms with E-state index in [0.29, 0.717) is 6.10 Å². The number of ether oxygens (including phenoxy) is 1. The van der Waals surface area contributed by atoms with E-state index in [1.54, 1.807) is 4.68 Å². The van der Waals surface area contributed by atoms with Gasteiger partial charge in [-0.2, -0.15) is 5.10 Å². The van der Waals surface area contributed by atoms with Crippen molar-refractivity contribution in [3.05, 3.63) is 18.0 Å². The Morgan fingerprint density at radius 2 is 2.64 bits per heavy atom. The third-order valence-corrected chi connectivity index (χ3v) is 2.65. The van der Waals surface area contributed by atoms with Crippen LogP contribution >= 0.6 is 0 Å². The van der Waals surface area contributed by atoms with E-state index in [1.807, 2.05) is 19.3 Å². The SMILES string of the molecule is Cn1ccc(C(N)CC2CCCO2)n1. The molecule has 0 spiro atoms. The first-order valence-electron chi connectivity index (χ1n) is 5.12. The van der Waals surface area contributed by atoms with Crippen molar-refractivity contribution >= 4 is 0 Å². The van der Waals surface area contributed by atoms with Crippen LogP contribution in [0.2, 0.25) is 0 Å². The van der Waals surface area contributed by atoms with E-state index in [-0.39, 0.29) is 6.04 Å². The van der Waals surface area contributed by atoms with Crippen LogP contribution in [0.1, 0.15) is 31.0 Å². The van der Waals surface area contributed by atoms with Gasteiger partial charge in [-0.25, -0.2) is 0 Å². The lowest BCUT2D eigenvalue weighted by molar-refractivity contribution is 0.0979. The van der Waals surface area contributed by atoms with Crippen LogP contribution in [0.25, 0.3) is 0 Å². The Bertz CT molecular complexity index is 291. The van der Waals surface area contributed by atoms with E-state index in [9.17, 15) is 0 Å². The Morgan fingerprint density at radius 1 is 1.79 bits per heavy atom. The molecule has 0 amide bonds. The molecule has 4 heteroatoms. The van der Waals surface area contributed by atoms with E-state index < -0.39 is 0 Å². The van der Waals surface area contributed by atoms with Crippen molar-refractivity contribution in [3.8, 4) is 0 Å². The minimum Gasteiger partial charge on any atom is -0.378 e. The first-order valence-corrected chi connectivity index (χ1v) is 5.12. The van der Waals surface area contributed by atoms with Crippen molar-refractivity contribution in [2.24, 2.45) is 12.8 Å². The highest BCUT2D eigenvalue weighted by atomic mass is 16.5. The Hall–Kier alpha value is -0.870. The smallest absolute Gasteiger partial charge is 0.0792 e.